The second kappa shape index (κ2) is 11.4. The normalized spacial score (nSPS) is 18.8. The zero-order valence-corrected chi connectivity index (χ0v) is 24.6. The molecule has 2 aromatic heterocycles. The number of hydrogen-bond donors (Lipinski definition) is 1. The number of fused-ring (bicyclic) bond motifs is 1. The Balaban J connectivity index is 1.71. The molecule has 0 aliphatic heterocycles. The van der Waals surface area contributed by atoms with Gasteiger partial charge in [-0.25, -0.2) is 30.5 Å². The number of aryl methyl sites for hydroxylation is 1. The second-order valence-corrected chi connectivity index (χ2v) is 12.5. The van der Waals surface area contributed by atoms with Gasteiger partial charge in [0.2, 0.25) is 0 Å². The van der Waals surface area contributed by atoms with E-state index in [4.69, 9.17) is 4.74 Å². The minimum atomic E-state index is -4.39. The number of halogens is 3. The van der Waals surface area contributed by atoms with Crippen molar-refractivity contribution in [2.45, 2.75) is 56.9 Å². The molecule has 8 nitrogen and oxygen atoms in total. The number of hydrogen-bond acceptors (Lipinski definition) is 7. The second-order valence-electron chi connectivity index (χ2n) is 10.7. The molecule has 224 valence electrons. The van der Waals surface area contributed by atoms with Gasteiger partial charge in [0.25, 0.3) is 10.0 Å². The molecule has 4 aromatic rings. The number of aromatic nitrogens is 2. The number of ether oxygens (including phenoxy) is 1. The van der Waals surface area contributed by atoms with Crippen molar-refractivity contribution >= 4 is 32.7 Å². The predicted molar refractivity (Wildman–Crippen MR) is 154 cm³/mol. The number of rotatable bonds is 7. The summed E-state index contributed by atoms with van der Waals surface area (Å²) in [5, 5.41) is 12.7. The summed E-state index contributed by atoms with van der Waals surface area (Å²) in [6.45, 7) is 3.62. The summed E-state index contributed by atoms with van der Waals surface area (Å²) in [7, 11) is -3.10. The first-order valence-electron chi connectivity index (χ1n) is 13.7. The highest BCUT2D eigenvalue weighted by atomic mass is 32.2. The van der Waals surface area contributed by atoms with E-state index in [2.05, 4.69) is 10.3 Å². The molecule has 2 heterocycles. The predicted octanol–water partition coefficient (Wildman–Crippen LogP) is 6.46. The van der Waals surface area contributed by atoms with Crippen LogP contribution >= 0.6 is 0 Å². The fraction of sp³-hybridized carbons (Fsp3) is 0.323. The molecule has 43 heavy (non-hydrogen) atoms. The standard InChI is InChI=1S/C31H29F3N4O4S/c1-4-31(30(39)42-3)12-6-5-7-26(31)36-29-25(34)13-19(16-35)27(37-29)23-17-38(28-22(23)14-20(32)15-24(28)33)43(40,41)21-10-8-18(2)9-11-21/h8-11,13-15,17,26H,4-7,12H2,1-3H3,(H,36,37)/t26-,31-/m1/s1. The van der Waals surface area contributed by atoms with Crippen LogP contribution in [0.25, 0.3) is 22.2 Å². The van der Waals surface area contributed by atoms with Crippen LogP contribution in [0.4, 0.5) is 19.0 Å². The van der Waals surface area contributed by atoms with Gasteiger partial charge in [0, 0.05) is 29.3 Å². The summed E-state index contributed by atoms with van der Waals surface area (Å²) >= 11 is 0. The summed E-state index contributed by atoms with van der Waals surface area (Å²) < 4.78 is 78.4. The van der Waals surface area contributed by atoms with Gasteiger partial charge < -0.3 is 10.1 Å². The quantitative estimate of drug-likeness (QED) is 0.239. The summed E-state index contributed by atoms with van der Waals surface area (Å²) in [6, 6.07) is 9.61. The number of anilines is 1. The van der Waals surface area contributed by atoms with Crippen LogP contribution in [-0.4, -0.2) is 36.5 Å². The monoisotopic (exact) mass is 610 g/mol. The maximum Gasteiger partial charge on any atom is 0.313 e. The van der Waals surface area contributed by atoms with Crippen molar-refractivity contribution in [2.24, 2.45) is 5.41 Å². The van der Waals surface area contributed by atoms with Crippen molar-refractivity contribution in [2.75, 3.05) is 12.4 Å². The molecular formula is C31H29F3N4O4S. The van der Waals surface area contributed by atoms with E-state index < -0.39 is 50.4 Å². The smallest absolute Gasteiger partial charge is 0.313 e. The minimum absolute atomic E-state index is 0.0953. The maximum atomic E-state index is 15.4. The minimum Gasteiger partial charge on any atom is -0.469 e. The summed E-state index contributed by atoms with van der Waals surface area (Å²) in [5.74, 6) is -3.74. The van der Waals surface area contributed by atoms with Crippen molar-refractivity contribution in [1.82, 2.24) is 8.96 Å². The Morgan fingerprint density at radius 1 is 1.16 bits per heavy atom. The third-order valence-electron chi connectivity index (χ3n) is 8.28. The first kappa shape index (κ1) is 30.1. The van der Waals surface area contributed by atoms with Crippen LogP contribution in [0, 0.1) is 41.1 Å². The molecule has 0 bridgehead atoms. The number of nitrogens with zero attached hydrogens (tertiary/aromatic N) is 3. The number of benzene rings is 2. The molecular weight excluding hydrogens is 581 g/mol. The Morgan fingerprint density at radius 3 is 2.53 bits per heavy atom. The number of carbonyl (C=O) groups excluding carboxylic acids is 1. The van der Waals surface area contributed by atoms with Crippen LogP contribution in [0.2, 0.25) is 0 Å². The molecule has 2 aromatic carbocycles. The Bertz CT molecular complexity index is 1880. The number of nitriles is 1. The molecule has 1 saturated carbocycles. The Kier molecular flexibility index (Phi) is 7.96. The van der Waals surface area contributed by atoms with Gasteiger partial charge in [-0.2, -0.15) is 5.26 Å². The average Bonchev–Trinajstić information content (AvgIpc) is 3.38. The molecule has 12 heteroatoms. The lowest BCUT2D eigenvalue weighted by atomic mass is 9.68. The SMILES string of the molecule is CC[C@@]1(C(=O)OC)CCCC[C@H]1Nc1nc(-c2cn(S(=O)(=O)c3ccc(C)cc3)c3c(F)cc(F)cc23)c(C#N)cc1F. The highest BCUT2D eigenvalue weighted by molar-refractivity contribution is 7.90. The third-order valence-corrected chi connectivity index (χ3v) is 9.95. The lowest BCUT2D eigenvalue weighted by Gasteiger charge is -2.41. The van der Waals surface area contributed by atoms with E-state index in [1.165, 1.54) is 19.2 Å². The summed E-state index contributed by atoms with van der Waals surface area (Å²) in [4.78, 5) is 17.1. The number of nitrogens with one attached hydrogen (secondary N) is 1. The van der Waals surface area contributed by atoms with Gasteiger partial charge in [-0.1, -0.05) is 37.5 Å². The molecule has 0 saturated heterocycles. The van der Waals surface area contributed by atoms with E-state index in [0.29, 0.717) is 29.3 Å². The van der Waals surface area contributed by atoms with Crippen molar-refractivity contribution in [3.8, 4) is 17.3 Å². The van der Waals surface area contributed by atoms with Gasteiger partial charge in [0.15, 0.2) is 17.5 Å². The fourth-order valence-electron chi connectivity index (χ4n) is 5.96. The number of methoxy groups -OCH3 is 1. The molecule has 0 unspecified atom stereocenters. The van der Waals surface area contributed by atoms with E-state index in [1.807, 2.05) is 13.0 Å². The van der Waals surface area contributed by atoms with E-state index >= 15 is 8.78 Å². The number of esters is 1. The third kappa shape index (κ3) is 5.12. The fourth-order valence-corrected chi connectivity index (χ4v) is 7.34. The molecule has 5 rings (SSSR count). The first-order valence-corrected chi connectivity index (χ1v) is 15.2. The van der Waals surface area contributed by atoms with Crippen molar-refractivity contribution < 1.29 is 31.1 Å². The van der Waals surface area contributed by atoms with Gasteiger partial charge in [0.05, 0.1) is 28.7 Å². The van der Waals surface area contributed by atoms with Crippen molar-refractivity contribution in [1.29, 1.82) is 5.26 Å². The zero-order valence-electron chi connectivity index (χ0n) is 23.7. The van der Waals surface area contributed by atoms with Crippen LogP contribution in [0.3, 0.4) is 0 Å². The van der Waals surface area contributed by atoms with Crippen LogP contribution in [0.1, 0.15) is 50.2 Å². The molecule has 0 spiro atoms. The molecule has 1 fully saturated rings. The van der Waals surface area contributed by atoms with Crippen LogP contribution in [0.15, 0.2) is 53.6 Å². The van der Waals surface area contributed by atoms with Gasteiger partial charge in [-0.3, -0.25) is 4.79 Å². The summed E-state index contributed by atoms with van der Waals surface area (Å²) in [5.41, 5.74) is -1.16. The Hall–Kier alpha value is -4.37. The molecule has 2 atom stereocenters. The van der Waals surface area contributed by atoms with Crippen LogP contribution in [-0.2, 0) is 19.6 Å². The Labute approximate surface area is 247 Å². The summed E-state index contributed by atoms with van der Waals surface area (Å²) in [6.07, 6.45) is 4.06. The molecule has 1 aliphatic carbocycles. The first-order chi connectivity index (χ1) is 20.5. The van der Waals surface area contributed by atoms with Crippen LogP contribution in [0.5, 0.6) is 0 Å². The topological polar surface area (TPSA) is 114 Å². The average molecular weight is 611 g/mol. The molecule has 1 aliphatic rings. The van der Waals surface area contributed by atoms with Crippen molar-refractivity contribution in [3.63, 3.8) is 0 Å². The van der Waals surface area contributed by atoms with Crippen molar-refractivity contribution in [3.05, 3.63) is 77.2 Å². The van der Waals surface area contributed by atoms with Gasteiger partial charge in [-0.15, -0.1) is 0 Å². The molecule has 1 N–H and O–H groups in total. The van der Waals surface area contributed by atoms with E-state index in [0.717, 1.165) is 36.7 Å². The van der Waals surface area contributed by atoms with Gasteiger partial charge >= 0.3 is 5.97 Å². The number of pyridine rings is 1. The maximum absolute atomic E-state index is 15.4. The van der Waals surface area contributed by atoms with Gasteiger partial charge in [-0.05, 0) is 50.5 Å². The van der Waals surface area contributed by atoms with E-state index in [9.17, 15) is 22.9 Å². The lowest BCUT2D eigenvalue weighted by molar-refractivity contribution is -0.155. The number of carbonyl (C=O) groups is 1. The lowest BCUT2D eigenvalue weighted by Crippen LogP contribution is -2.49. The highest BCUT2D eigenvalue weighted by Gasteiger charge is 2.47. The van der Waals surface area contributed by atoms with Crippen LogP contribution < -0.4 is 5.32 Å². The molecule has 0 radical (unpaired) electrons. The Morgan fingerprint density at radius 2 is 1.88 bits per heavy atom. The van der Waals surface area contributed by atoms with Gasteiger partial charge in [0.1, 0.15) is 17.4 Å². The zero-order chi connectivity index (χ0) is 31.1. The van der Waals surface area contributed by atoms with E-state index in [-0.39, 0.29) is 32.9 Å². The molecule has 0 amide bonds. The van der Waals surface area contributed by atoms with E-state index in [1.54, 1.807) is 19.1 Å². The highest BCUT2D eigenvalue weighted by Crippen LogP contribution is 2.43. The largest absolute Gasteiger partial charge is 0.469 e.